The van der Waals surface area contributed by atoms with Crippen LogP contribution in [-0.4, -0.2) is 24.3 Å². The first kappa shape index (κ1) is 26.9. The van der Waals surface area contributed by atoms with Crippen molar-refractivity contribution in [2.45, 2.75) is 54.1 Å². The fourth-order valence-electron chi connectivity index (χ4n) is 1.57. The van der Waals surface area contributed by atoms with Crippen molar-refractivity contribution in [1.82, 2.24) is 0 Å². The molecule has 1 unspecified atom stereocenters. The van der Waals surface area contributed by atoms with Crippen molar-refractivity contribution < 1.29 is 19.4 Å². The van der Waals surface area contributed by atoms with E-state index in [2.05, 4.69) is 33.4 Å². The highest BCUT2D eigenvalue weighted by atomic mass is 16.5. The molecule has 0 amide bonds. The number of benzene rings is 1. The summed E-state index contributed by atoms with van der Waals surface area (Å²) in [7, 11) is 1.72. The largest absolute Gasteiger partial charge is 0.508 e. The Morgan fingerprint density at radius 2 is 1.85 bits per heavy atom. The van der Waals surface area contributed by atoms with Crippen molar-refractivity contribution in [1.29, 1.82) is 0 Å². The lowest BCUT2D eigenvalue weighted by molar-refractivity contribution is -0.131. The van der Waals surface area contributed by atoms with Crippen LogP contribution in [0, 0.1) is 5.92 Å². The highest BCUT2D eigenvalue weighted by Crippen LogP contribution is 2.17. The monoisotopic (exact) mass is 376 g/mol. The lowest BCUT2D eigenvalue weighted by Gasteiger charge is -2.08. The minimum absolute atomic E-state index is 0.0868. The van der Waals surface area contributed by atoms with Gasteiger partial charge in [0.1, 0.15) is 11.5 Å². The predicted molar refractivity (Wildman–Crippen MR) is 114 cm³/mol. The molecule has 1 N–H and O–H groups in total. The van der Waals surface area contributed by atoms with Crippen molar-refractivity contribution in [2.24, 2.45) is 5.92 Å². The number of hydrogen-bond acceptors (Lipinski definition) is 4. The number of phenolic OH excluding ortho intramolecular Hbond substituents is 1. The third-order valence-electron chi connectivity index (χ3n) is 2.77. The Morgan fingerprint density at radius 1 is 1.26 bits per heavy atom. The standard InChI is InChI=1S/C11H18O.C8H8O3.C4H10/c1-5-7-8-11(6-2)9-10(3)12-4;1-6(9)11-8-4-2-3-7(10)5-8;1-4(2)3/h5-8,10H,2,9H2,1,3-4H3;2-5,10H,1H3;4H,1-3H3/b7-5-,11-8+;;. The number of carbonyl (C=O) groups excluding carboxylic acids is 1. The zero-order valence-corrected chi connectivity index (χ0v) is 17.9. The number of carbonyl (C=O) groups is 1. The number of allylic oxidation sites excluding steroid dienone is 4. The normalized spacial score (nSPS) is 11.8. The zero-order valence-electron chi connectivity index (χ0n) is 17.9. The number of methoxy groups -OCH3 is 1. The quantitative estimate of drug-likeness (QED) is 0.371. The van der Waals surface area contributed by atoms with Gasteiger partial charge in [-0.1, -0.05) is 57.7 Å². The molecule has 0 heterocycles. The van der Waals surface area contributed by atoms with Crippen LogP contribution in [0.3, 0.4) is 0 Å². The number of rotatable bonds is 6. The Morgan fingerprint density at radius 3 is 2.26 bits per heavy atom. The maximum Gasteiger partial charge on any atom is 0.308 e. The molecule has 0 aliphatic heterocycles. The summed E-state index contributed by atoms with van der Waals surface area (Å²) in [5.41, 5.74) is 1.21. The molecule has 0 fully saturated rings. The summed E-state index contributed by atoms with van der Waals surface area (Å²) in [6.07, 6.45) is 9.13. The number of phenols is 1. The maximum absolute atomic E-state index is 10.4. The Bertz CT molecular complexity index is 583. The Labute approximate surface area is 165 Å². The van der Waals surface area contributed by atoms with Gasteiger partial charge in [-0.25, -0.2) is 0 Å². The number of hydrogen-bond donors (Lipinski definition) is 1. The van der Waals surface area contributed by atoms with Gasteiger partial charge >= 0.3 is 5.97 Å². The molecule has 1 aromatic carbocycles. The Balaban J connectivity index is 0. The van der Waals surface area contributed by atoms with E-state index in [-0.39, 0.29) is 11.9 Å². The van der Waals surface area contributed by atoms with E-state index in [9.17, 15) is 4.79 Å². The van der Waals surface area contributed by atoms with E-state index in [4.69, 9.17) is 14.6 Å². The molecule has 27 heavy (non-hydrogen) atoms. The fourth-order valence-corrected chi connectivity index (χ4v) is 1.57. The van der Waals surface area contributed by atoms with Crippen LogP contribution in [0.25, 0.3) is 0 Å². The summed E-state index contributed by atoms with van der Waals surface area (Å²) in [5.74, 6) is 0.886. The maximum atomic E-state index is 10.4. The number of esters is 1. The third kappa shape index (κ3) is 19.8. The van der Waals surface area contributed by atoms with E-state index < -0.39 is 5.97 Å². The third-order valence-corrected chi connectivity index (χ3v) is 2.77. The summed E-state index contributed by atoms with van der Waals surface area (Å²) in [5, 5.41) is 8.93. The first-order valence-electron chi connectivity index (χ1n) is 9.10. The average Bonchev–Trinajstić information content (AvgIpc) is 2.58. The van der Waals surface area contributed by atoms with Crippen molar-refractivity contribution in [3.8, 4) is 11.5 Å². The van der Waals surface area contributed by atoms with E-state index in [0.29, 0.717) is 5.75 Å². The van der Waals surface area contributed by atoms with Gasteiger partial charge in [0, 0.05) is 20.1 Å². The molecule has 0 spiro atoms. The van der Waals surface area contributed by atoms with Crippen LogP contribution in [0.15, 0.2) is 60.7 Å². The van der Waals surface area contributed by atoms with Crippen LogP contribution in [0.4, 0.5) is 0 Å². The van der Waals surface area contributed by atoms with Gasteiger partial charge in [-0.3, -0.25) is 4.79 Å². The topological polar surface area (TPSA) is 55.8 Å². The second-order valence-corrected chi connectivity index (χ2v) is 6.54. The highest BCUT2D eigenvalue weighted by Gasteiger charge is 2.00. The lowest BCUT2D eigenvalue weighted by Crippen LogP contribution is -2.04. The molecular weight excluding hydrogens is 340 g/mol. The Hall–Kier alpha value is -2.33. The minimum atomic E-state index is -0.393. The molecule has 0 saturated heterocycles. The zero-order chi connectivity index (χ0) is 21.2. The van der Waals surface area contributed by atoms with E-state index >= 15 is 0 Å². The molecular formula is C23H36O4. The summed E-state index contributed by atoms with van der Waals surface area (Å²) < 4.78 is 9.85. The van der Waals surface area contributed by atoms with Crippen molar-refractivity contribution in [2.75, 3.05) is 7.11 Å². The van der Waals surface area contributed by atoms with Gasteiger partial charge in [0.25, 0.3) is 0 Å². The molecule has 0 aliphatic rings. The van der Waals surface area contributed by atoms with Crippen LogP contribution >= 0.6 is 0 Å². The van der Waals surface area contributed by atoms with Crippen molar-refractivity contribution >= 4 is 5.97 Å². The van der Waals surface area contributed by atoms with Gasteiger partial charge in [0.15, 0.2) is 0 Å². The van der Waals surface area contributed by atoms with Gasteiger partial charge in [-0.2, -0.15) is 0 Å². The molecule has 0 aliphatic carbocycles. The SMILES string of the molecule is C=C/C(=C\C=C/C)CC(C)OC.CC(=O)Oc1cccc(O)c1.CC(C)C. The van der Waals surface area contributed by atoms with Gasteiger partial charge in [-0.05, 0) is 43.9 Å². The van der Waals surface area contributed by atoms with Crippen LogP contribution in [0.1, 0.15) is 48.0 Å². The van der Waals surface area contributed by atoms with Crippen LogP contribution < -0.4 is 4.74 Å². The fraction of sp³-hybridized carbons (Fsp3) is 0.435. The second-order valence-electron chi connectivity index (χ2n) is 6.54. The van der Waals surface area contributed by atoms with E-state index in [0.717, 1.165) is 12.3 Å². The number of aromatic hydroxyl groups is 1. The Kier molecular flexibility index (Phi) is 17.0. The first-order valence-corrected chi connectivity index (χ1v) is 9.10. The molecule has 0 aromatic heterocycles. The van der Waals surface area contributed by atoms with Gasteiger partial charge in [0.05, 0.1) is 6.10 Å². The van der Waals surface area contributed by atoms with Crippen LogP contribution in [0.2, 0.25) is 0 Å². The first-order chi connectivity index (χ1) is 12.7. The van der Waals surface area contributed by atoms with Gasteiger partial charge in [-0.15, -0.1) is 0 Å². The molecule has 1 rings (SSSR count). The molecule has 4 heteroatoms. The minimum Gasteiger partial charge on any atom is -0.508 e. The van der Waals surface area contributed by atoms with E-state index in [1.807, 2.05) is 32.1 Å². The smallest absolute Gasteiger partial charge is 0.308 e. The molecule has 4 nitrogen and oxygen atoms in total. The summed E-state index contributed by atoms with van der Waals surface area (Å²) >= 11 is 0. The lowest BCUT2D eigenvalue weighted by atomic mass is 10.1. The molecule has 1 atom stereocenters. The van der Waals surface area contributed by atoms with Crippen LogP contribution in [-0.2, 0) is 9.53 Å². The average molecular weight is 377 g/mol. The van der Waals surface area contributed by atoms with Gasteiger partial charge in [0.2, 0.25) is 0 Å². The summed E-state index contributed by atoms with van der Waals surface area (Å²) in [6, 6.07) is 6.09. The van der Waals surface area contributed by atoms with Crippen LogP contribution in [0.5, 0.6) is 11.5 Å². The molecule has 1 aromatic rings. The highest BCUT2D eigenvalue weighted by molar-refractivity contribution is 5.69. The van der Waals surface area contributed by atoms with Crippen molar-refractivity contribution in [3.63, 3.8) is 0 Å². The van der Waals surface area contributed by atoms with E-state index in [1.165, 1.54) is 24.6 Å². The summed E-state index contributed by atoms with van der Waals surface area (Å²) in [4.78, 5) is 10.4. The molecule has 0 bridgehead atoms. The second kappa shape index (κ2) is 17.1. The summed E-state index contributed by atoms with van der Waals surface area (Å²) in [6.45, 7) is 15.6. The molecule has 152 valence electrons. The van der Waals surface area contributed by atoms with Crippen molar-refractivity contribution in [3.05, 3.63) is 60.7 Å². The van der Waals surface area contributed by atoms with Gasteiger partial charge < -0.3 is 14.6 Å². The number of ether oxygens (including phenoxy) is 2. The predicted octanol–water partition coefficient (Wildman–Crippen LogP) is 6.08. The van der Waals surface area contributed by atoms with E-state index in [1.54, 1.807) is 19.2 Å². The molecule has 0 saturated carbocycles. The molecule has 0 radical (unpaired) electrons.